The van der Waals surface area contributed by atoms with Crippen molar-refractivity contribution < 1.29 is 0 Å². The van der Waals surface area contributed by atoms with E-state index in [1.165, 1.54) is 0 Å². The Morgan fingerprint density at radius 2 is 2.00 bits per heavy atom. The molecular weight excluding hydrogens is 360 g/mol. The fourth-order valence-corrected chi connectivity index (χ4v) is 3.04. The minimum Gasteiger partial charge on any atom is -0.284 e. The summed E-state index contributed by atoms with van der Waals surface area (Å²) in [5.74, 6) is 0.580. The van der Waals surface area contributed by atoms with Gasteiger partial charge in [-0.15, -0.1) is 15.3 Å². The van der Waals surface area contributed by atoms with Crippen LogP contribution in [-0.2, 0) is 5.33 Å². The molecule has 5 rings (SSSR count). The molecule has 0 radical (unpaired) electrons. The maximum atomic E-state index is 4.36. The molecular formula is C14H9BrN8. The first-order chi connectivity index (χ1) is 11.4. The first-order valence-corrected chi connectivity index (χ1v) is 8.04. The number of alkyl halides is 1. The summed E-state index contributed by atoms with van der Waals surface area (Å²) in [5, 5.41) is 18.5. The van der Waals surface area contributed by atoms with Crippen molar-refractivity contribution in [3.63, 3.8) is 0 Å². The number of nitrogens with zero attached hydrogens (tertiary/aromatic N) is 8. The quantitative estimate of drug-likeness (QED) is 0.445. The lowest BCUT2D eigenvalue weighted by molar-refractivity contribution is 0.747. The Morgan fingerprint density at radius 1 is 1.09 bits per heavy atom. The largest absolute Gasteiger partial charge is 0.284 e. The highest BCUT2D eigenvalue weighted by atomic mass is 79.9. The molecule has 4 heterocycles. The van der Waals surface area contributed by atoms with E-state index in [0.717, 1.165) is 27.9 Å². The van der Waals surface area contributed by atoms with Crippen LogP contribution in [0.1, 0.15) is 5.69 Å². The van der Waals surface area contributed by atoms with Gasteiger partial charge >= 0.3 is 0 Å². The molecule has 0 saturated heterocycles. The highest BCUT2D eigenvalue weighted by molar-refractivity contribution is 9.08. The van der Waals surface area contributed by atoms with E-state index in [4.69, 9.17) is 0 Å². The van der Waals surface area contributed by atoms with E-state index in [0.29, 0.717) is 11.3 Å². The molecule has 0 unspecified atom stereocenters. The Hall–Kier alpha value is -2.81. The topological polar surface area (TPSA) is 78.2 Å². The lowest BCUT2D eigenvalue weighted by Crippen LogP contribution is -2.04. The predicted octanol–water partition coefficient (Wildman–Crippen LogP) is 2.01. The molecule has 4 aromatic heterocycles. The van der Waals surface area contributed by atoms with Gasteiger partial charge in [0, 0.05) is 10.7 Å². The Balaban J connectivity index is 1.96. The molecule has 0 spiro atoms. The Kier molecular flexibility index (Phi) is 2.54. The van der Waals surface area contributed by atoms with E-state index < -0.39 is 0 Å². The number of rotatable bonds is 2. The molecule has 0 aliphatic rings. The van der Waals surface area contributed by atoms with E-state index in [9.17, 15) is 0 Å². The van der Waals surface area contributed by atoms with Crippen LogP contribution in [0.25, 0.3) is 28.1 Å². The fourth-order valence-electron chi connectivity index (χ4n) is 2.78. The smallest absolute Gasteiger partial charge is 0.259 e. The highest BCUT2D eigenvalue weighted by Gasteiger charge is 2.16. The maximum absolute atomic E-state index is 4.36. The molecule has 5 aromatic rings. The molecule has 0 fully saturated rings. The lowest BCUT2D eigenvalue weighted by Gasteiger charge is -2.06. The second-order valence-electron chi connectivity index (χ2n) is 5.09. The number of hydrogen-bond donors (Lipinski definition) is 0. The van der Waals surface area contributed by atoms with Crippen molar-refractivity contribution in [2.45, 2.75) is 5.33 Å². The van der Waals surface area contributed by atoms with Crippen LogP contribution in [0.4, 0.5) is 0 Å². The summed E-state index contributed by atoms with van der Waals surface area (Å²) in [6.07, 6.45) is 5.40. The summed E-state index contributed by atoms with van der Waals surface area (Å²) >= 11 is 3.38. The number of hydrogen-bond acceptors (Lipinski definition) is 5. The van der Waals surface area contributed by atoms with Crippen LogP contribution in [0.3, 0.4) is 0 Å². The van der Waals surface area contributed by atoms with Crippen molar-refractivity contribution in [3.8, 4) is 5.95 Å². The van der Waals surface area contributed by atoms with Crippen molar-refractivity contribution >= 4 is 38.1 Å². The molecule has 0 aliphatic carbocycles. The van der Waals surface area contributed by atoms with Crippen LogP contribution in [0.2, 0.25) is 0 Å². The first-order valence-electron chi connectivity index (χ1n) is 6.92. The Labute approximate surface area is 137 Å². The molecule has 23 heavy (non-hydrogen) atoms. The second kappa shape index (κ2) is 4.59. The van der Waals surface area contributed by atoms with Gasteiger partial charge in [-0.05, 0) is 12.1 Å². The van der Waals surface area contributed by atoms with Gasteiger partial charge < -0.3 is 0 Å². The van der Waals surface area contributed by atoms with Gasteiger partial charge in [-0.25, -0.2) is 9.38 Å². The van der Waals surface area contributed by atoms with Crippen LogP contribution < -0.4 is 0 Å². The fraction of sp³-hybridized carbons (Fsp3) is 0.0714. The molecule has 0 aliphatic heterocycles. The number of benzene rings is 1. The summed E-state index contributed by atoms with van der Waals surface area (Å²) in [5.41, 5.74) is 3.49. The number of para-hydroxylation sites is 1. The lowest BCUT2D eigenvalue weighted by atomic mass is 10.2. The van der Waals surface area contributed by atoms with E-state index >= 15 is 0 Å². The van der Waals surface area contributed by atoms with Gasteiger partial charge in [0.1, 0.15) is 12.0 Å². The van der Waals surface area contributed by atoms with Crippen LogP contribution in [0.15, 0.2) is 43.0 Å². The van der Waals surface area contributed by atoms with Crippen LogP contribution >= 0.6 is 15.9 Å². The zero-order chi connectivity index (χ0) is 15.4. The van der Waals surface area contributed by atoms with E-state index in [2.05, 4.69) is 41.4 Å². The van der Waals surface area contributed by atoms with Gasteiger partial charge in [-0.2, -0.15) is 4.68 Å². The van der Waals surface area contributed by atoms with Crippen LogP contribution in [0, 0.1) is 0 Å². The molecule has 8 nitrogen and oxygen atoms in total. The minimum absolute atomic E-state index is 0.580. The van der Waals surface area contributed by atoms with Gasteiger partial charge in [0.2, 0.25) is 0 Å². The monoisotopic (exact) mass is 368 g/mol. The van der Waals surface area contributed by atoms with Gasteiger partial charge in [-0.1, -0.05) is 33.3 Å². The average Bonchev–Trinajstić information content (AvgIpc) is 3.32. The standard InChI is InChI=1S/C14H9BrN8/c15-5-9-7-22(20-17-9)14-19-18-13-10-3-1-2-4-11(10)21-8-16-6-12(21)23(13)14/h1-4,6-8H,5H2. The van der Waals surface area contributed by atoms with Crippen molar-refractivity contribution in [1.82, 2.24) is 39.0 Å². The van der Waals surface area contributed by atoms with Crippen molar-refractivity contribution in [2.75, 3.05) is 0 Å². The second-order valence-corrected chi connectivity index (χ2v) is 5.65. The third-order valence-corrected chi connectivity index (χ3v) is 4.36. The van der Waals surface area contributed by atoms with Crippen LogP contribution in [0.5, 0.6) is 0 Å². The summed E-state index contributed by atoms with van der Waals surface area (Å²) in [6.45, 7) is 0. The van der Waals surface area contributed by atoms with Crippen LogP contribution in [-0.4, -0.2) is 39.0 Å². The zero-order valence-corrected chi connectivity index (χ0v) is 13.3. The third kappa shape index (κ3) is 1.67. The summed E-state index contributed by atoms with van der Waals surface area (Å²) in [4.78, 5) is 4.27. The van der Waals surface area contributed by atoms with E-state index in [1.807, 2.05) is 39.3 Å². The SMILES string of the molecule is BrCc1cn(-c2nnc3c4ccccc4n4cncc4n23)nn1. The number of fused-ring (bicyclic) bond motifs is 6. The number of aromatic nitrogens is 8. The molecule has 112 valence electrons. The third-order valence-electron chi connectivity index (χ3n) is 3.78. The molecule has 0 N–H and O–H groups in total. The minimum atomic E-state index is 0.580. The molecule has 0 saturated carbocycles. The highest BCUT2D eigenvalue weighted by Crippen LogP contribution is 2.23. The zero-order valence-electron chi connectivity index (χ0n) is 11.7. The molecule has 0 atom stereocenters. The Bertz CT molecular complexity index is 1170. The average molecular weight is 369 g/mol. The summed E-state index contributed by atoms with van der Waals surface area (Å²) in [7, 11) is 0. The molecule has 0 bridgehead atoms. The number of halogens is 1. The summed E-state index contributed by atoms with van der Waals surface area (Å²) in [6, 6.07) is 8.04. The van der Waals surface area contributed by atoms with Gasteiger partial charge in [0.05, 0.1) is 23.6 Å². The molecule has 9 heteroatoms. The number of imidazole rings is 1. The normalized spacial score (nSPS) is 11.9. The van der Waals surface area contributed by atoms with Gasteiger partial charge in [-0.3, -0.25) is 4.40 Å². The van der Waals surface area contributed by atoms with E-state index in [1.54, 1.807) is 17.2 Å². The Morgan fingerprint density at radius 3 is 2.87 bits per heavy atom. The maximum Gasteiger partial charge on any atom is 0.259 e. The predicted molar refractivity (Wildman–Crippen MR) is 86.8 cm³/mol. The van der Waals surface area contributed by atoms with Crippen molar-refractivity contribution in [3.05, 3.63) is 48.7 Å². The van der Waals surface area contributed by atoms with Gasteiger partial charge in [0.15, 0.2) is 5.65 Å². The van der Waals surface area contributed by atoms with E-state index in [-0.39, 0.29) is 0 Å². The van der Waals surface area contributed by atoms with Crippen molar-refractivity contribution in [2.24, 2.45) is 0 Å². The van der Waals surface area contributed by atoms with Gasteiger partial charge in [0.25, 0.3) is 5.95 Å². The first kappa shape index (κ1) is 12.7. The summed E-state index contributed by atoms with van der Waals surface area (Å²) < 4.78 is 5.57. The molecule has 0 amide bonds. The molecule has 1 aromatic carbocycles. The van der Waals surface area contributed by atoms with Crippen molar-refractivity contribution in [1.29, 1.82) is 0 Å².